The molecule has 4 heterocycles. The van der Waals surface area contributed by atoms with Gasteiger partial charge < -0.3 is 4.85 Å². The Balaban J connectivity index is 1.71. The zero-order chi connectivity index (χ0) is 23.8. The molecule has 0 aromatic carbocycles. The van der Waals surface area contributed by atoms with Crippen molar-refractivity contribution in [1.29, 1.82) is 0 Å². The van der Waals surface area contributed by atoms with Gasteiger partial charge in [0.25, 0.3) is 0 Å². The van der Waals surface area contributed by atoms with Crippen LogP contribution in [0.4, 0.5) is 23.4 Å². The Labute approximate surface area is 186 Å². The van der Waals surface area contributed by atoms with Crippen LogP contribution in [0.5, 0.6) is 0 Å². The Hall–Kier alpha value is -4.13. The molecular weight excluding hydrogens is 436 g/mol. The lowest BCUT2D eigenvalue weighted by Crippen LogP contribution is -2.23. The number of halogens is 4. The minimum Gasteiger partial charge on any atom is -0.358 e. The summed E-state index contributed by atoms with van der Waals surface area (Å²) >= 11 is 0. The standard InChI is InChI=1S/C23H16F4N6/c1-22(2,17-7-4-6-15(29-17)16-11-10-14(24)21(28-3)30-16)18-8-5-9-20(31-18)33-13-12-19(32-33)23(25,26)27/h4-13H,1-2H3. The van der Waals surface area contributed by atoms with E-state index in [0.717, 1.165) is 10.7 Å². The van der Waals surface area contributed by atoms with Crippen LogP contribution in [0.15, 0.2) is 60.8 Å². The van der Waals surface area contributed by atoms with Crippen molar-refractivity contribution in [3.63, 3.8) is 0 Å². The molecule has 0 saturated carbocycles. The number of pyridine rings is 3. The van der Waals surface area contributed by atoms with Gasteiger partial charge in [-0.1, -0.05) is 18.7 Å². The number of nitrogens with zero attached hydrogens (tertiary/aromatic N) is 6. The molecule has 6 nitrogen and oxygen atoms in total. The fraction of sp³-hybridized carbons (Fsp3) is 0.174. The lowest BCUT2D eigenvalue weighted by molar-refractivity contribution is -0.141. The van der Waals surface area contributed by atoms with Gasteiger partial charge in [-0.15, -0.1) is 4.98 Å². The van der Waals surface area contributed by atoms with Gasteiger partial charge in [0, 0.05) is 11.6 Å². The molecule has 4 rings (SSSR count). The SMILES string of the molecule is [C-]#[N+]c1nc(-c2cccc(C(C)(C)c3cccc(-n4ccc(C(F)(F)F)n4)n3)n2)ccc1F. The summed E-state index contributed by atoms with van der Waals surface area (Å²) in [7, 11) is 0. The molecule has 0 amide bonds. The summed E-state index contributed by atoms with van der Waals surface area (Å²) in [5, 5.41) is 3.58. The molecule has 0 N–H and O–H groups in total. The van der Waals surface area contributed by atoms with Gasteiger partial charge in [-0.3, -0.25) is 0 Å². The highest BCUT2D eigenvalue weighted by Gasteiger charge is 2.34. The molecule has 0 unspecified atom stereocenters. The minimum atomic E-state index is -4.55. The number of hydrogen-bond donors (Lipinski definition) is 0. The van der Waals surface area contributed by atoms with Crippen molar-refractivity contribution < 1.29 is 17.6 Å². The first-order chi connectivity index (χ1) is 15.6. The van der Waals surface area contributed by atoms with Gasteiger partial charge in [0.2, 0.25) is 0 Å². The molecule has 0 atom stereocenters. The first-order valence-electron chi connectivity index (χ1n) is 9.72. The van der Waals surface area contributed by atoms with Crippen molar-refractivity contribution >= 4 is 5.82 Å². The van der Waals surface area contributed by atoms with E-state index >= 15 is 0 Å². The summed E-state index contributed by atoms with van der Waals surface area (Å²) in [6, 6.07) is 13.7. The monoisotopic (exact) mass is 452 g/mol. The van der Waals surface area contributed by atoms with E-state index in [1.807, 2.05) is 13.8 Å². The molecule has 0 saturated heterocycles. The molecule has 33 heavy (non-hydrogen) atoms. The summed E-state index contributed by atoms with van der Waals surface area (Å²) in [5.74, 6) is -0.821. The van der Waals surface area contributed by atoms with Crippen molar-refractivity contribution in [2.75, 3.05) is 0 Å². The van der Waals surface area contributed by atoms with Crippen LogP contribution < -0.4 is 0 Å². The van der Waals surface area contributed by atoms with E-state index < -0.39 is 23.1 Å². The second-order valence-corrected chi connectivity index (χ2v) is 7.67. The quantitative estimate of drug-likeness (QED) is 0.292. The maximum atomic E-state index is 13.6. The van der Waals surface area contributed by atoms with Crippen LogP contribution in [-0.4, -0.2) is 24.7 Å². The smallest absolute Gasteiger partial charge is 0.358 e. The Morgan fingerprint density at radius 3 is 2.15 bits per heavy atom. The van der Waals surface area contributed by atoms with Crippen LogP contribution >= 0.6 is 0 Å². The highest BCUT2D eigenvalue weighted by Crippen LogP contribution is 2.32. The van der Waals surface area contributed by atoms with Gasteiger partial charge >= 0.3 is 12.0 Å². The second kappa shape index (κ2) is 8.09. The third-order valence-corrected chi connectivity index (χ3v) is 5.07. The van der Waals surface area contributed by atoms with Gasteiger partial charge in [-0.2, -0.15) is 18.3 Å². The molecule has 0 fully saturated rings. The minimum absolute atomic E-state index is 0.231. The Kier molecular flexibility index (Phi) is 5.41. The molecule has 0 spiro atoms. The van der Waals surface area contributed by atoms with E-state index in [1.165, 1.54) is 18.3 Å². The summed E-state index contributed by atoms with van der Waals surface area (Å²) in [5.41, 5.74) is 0.212. The first-order valence-corrected chi connectivity index (χ1v) is 9.72. The summed E-state index contributed by atoms with van der Waals surface area (Å²) in [6.45, 7) is 10.8. The van der Waals surface area contributed by atoms with Crippen molar-refractivity contribution in [1.82, 2.24) is 24.7 Å². The highest BCUT2D eigenvalue weighted by molar-refractivity contribution is 5.58. The van der Waals surface area contributed by atoms with Crippen LogP contribution in [-0.2, 0) is 11.6 Å². The Bertz CT molecular complexity index is 1370. The lowest BCUT2D eigenvalue weighted by Gasteiger charge is -2.24. The molecule has 0 bridgehead atoms. The van der Waals surface area contributed by atoms with E-state index in [2.05, 4.69) is 24.9 Å². The molecule has 0 radical (unpaired) electrons. The molecular formula is C23H16F4N6. The predicted octanol–water partition coefficient (Wildman–Crippen LogP) is 5.76. The predicted molar refractivity (Wildman–Crippen MR) is 112 cm³/mol. The fourth-order valence-corrected chi connectivity index (χ4v) is 3.21. The molecule has 0 aliphatic heterocycles. The van der Waals surface area contributed by atoms with Crippen LogP contribution in [0.3, 0.4) is 0 Å². The summed E-state index contributed by atoms with van der Waals surface area (Å²) < 4.78 is 53.4. The fourth-order valence-electron chi connectivity index (χ4n) is 3.21. The van der Waals surface area contributed by atoms with E-state index in [-0.39, 0.29) is 11.6 Å². The zero-order valence-electron chi connectivity index (χ0n) is 17.5. The third kappa shape index (κ3) is 4.30. The number of rotatable bonds is 4. The number of aromatic nitrogens is 5. The van der Waals surface area contributed by atoms with Crippen LogP contribution in [0.1, 0.15) is 30.9 Å². The normalized spacial score (nSPS) is 11.9. The topological polar surface area (TPSA) is 60.9 Å². The van der Waals surface area contributed by atoms with Crippen LogP contribution in [0.25, 0.3) is 22.1 Å². The maximum absolute atomic E-state index is 13.6. The van der Waals surface area contributed by atoms with E-state index in [0.29, 0.717) is 22.8 Å². The van der Waals surface area contributed by atoms with Crippen molar-refractivity contribution in [3.05, 3.63) is 95.1 Å². The van der Waals surface area contributed by atoms with E-state index in [1.54, 1.807) is 36.4 Å². The van der Waals surface area contributed by atoms with Gasteiger partial charge in [0.1, 0.15) is 11.5 Å². The maximum Gasteiger partial charge on any atom is 0.435 e. The van der Waals surface area contributed by atoms with Crippen LogP contribution in [0, 0.1) is 12.4 Å². The summed E-state index contributed by atoms with van der Waals surface area (Å²) in [6.07, 6.45) is -3.34. The van der Waals surface area contributed by atoms with Crippen molar-refractivity contribution in [3.8, 4) is 17.2 Å². The number of alkyl halides is 3. The van der Waals surface area contributed by atoms with Gasteiger partial charge in [-0.25, -0.2) is 19.0 Å². The molecule has 0 aliphatic rings. The van der Waals surface area contributed by atoms with Crippen molar-refractivity contribution in [2.45, 2.75) is 25.4 Å². The van der Waals surface area contributed by atoms with Crippen LogP contribution in [0.2, 0.25) is 0 Å². The van der Waals surface area contributed by atoms with E-state index in [4.69, 9.17) is 6.57 Å². The lowest BCUT2D eigenvalue weighted by atomic mass is 9.84. The molecule has 166 valence electrons. The molecule has 4 aromatic rings. The largest absolute Gasteiger partial charge is 0.435 e. The third-order valence-electron chi connectivity index (χ3n) is 5.07. The van der Waals surface area contributed by atoms with Gasteiger partial charge in [0.05, 0.1) is 11.4 Å². The van der Waals surface area contributed by atoms with Gasteiger partial charge in [0.15, 0.2) is 17.2 Å². The highest BCUT2D eigenvalue weighted by atomic mass is 19.4. The van der Waals surface area contributed by atoms with Gasteiger partial charge in [-0.05, 0) is 56.3 Å². The molecule has 4 aromatic heterocycles. The second-order valence-electron chi connectivity index (χ2n) is 7.67. The first kappa shape index (κ1) is 22.1. The summed E-state index contributed by atoms with van der Waals surface area (Å²) in [4.78, 5) is 16.3. The average molecular weight is 452 g/mol. The molecule has 0 aliphatic carbocycles. The molecule has 10 heteroatoms. The Morgan fingerprint density at radius 1 is 0.818 bits per heavy atom. The van der Waals surface area contributed by atoms with Crippen molar-refractivity contribution in [2.24, 2.45) is 0 Å². The van der Waals surface area contributed by atoms with E-state index in [9.17, 15) is 17.6 Å². The average Bonchev–Trinajstić information content (AvgIpc) is 3.31. The zero-order valence-corrected chi connectivity index (χ0v) is 17.5. The Morgan fingerprint density at radius 2 is 1.48 bits per heavy atom. The number of hydrogen-bond acceptors (Lipinski definition) is 4.